The molecule has 0 saturated heterocycles. The molecule has 140 valence electrons. The minimum Gasteiger partial charge on any atom is -0.496 e. The molecule has 0 aliphatic carbocycles. The van der Waals surface area contributed by atoms with Crippen LogP contribution in [-0.4, -0.2) is 16.9 Å². The molecule has 0 atom stereocenters. The van der Waals surface area contributed by atoms with E-state index in [9.17, 15) is 17.6 Å². The van der Waals surface area contributed by atoms with E-state index in [2.05, 4.69) is 21.0 Å². The van der Waals surface area contributed by atoms with Gasteiger partial charge in [-0.1, -0.05) is 6.07 Å². The zero-order valence-electron chi connectivity index (χ0n) is 13.8. The Kier molecular flexibility index (Phi) is 6.59. The highest BCUT2D eigenvalue weighted by Gasteiger charge is 2.28. The maximum absolute atomic E-state index is 13.3. The largest absolute Gasteiger partial charge is 0.496 e. The van der Waals surface area contributed by atoms with Crippen LogP contribution in [0.4, 0.5) is 17.6 Å². The molecule has 2 aromatic rings. The van der Waals surface area contributed by atoms with Gasteiger partial charge in [-0.3, -0.25) is 4.68 Å². The third-order valence-electron chi connectivity index (χ3n) is 3.55. The molecular weight excluding hydrogens is 432 g/mol. The number of halogens is 5. The third kappa shape index (κ3) is 4.47. The molecule has 0 bridgehead atoms. The van der Waals surface area contributed by atoms with Crippen molar-refractivity contribution in [1.82, 2.24) is 9.78 Å². The molecule has 0 aliphatic rings. The second-order valence-corrected chi connectivity index (χ2v) is 5.99. The minimum atomic E-state index is -3.03. The van der Waals surface area contributed by atoms with Crippen LogP contribution in [0.1, 0.15) is 35.4 Å². The zero-order chi connectivity index (χ0) is 20.1. The first kappa shape index (κ1) is 20.5. The lowest BCUT2D eigenvalue weighted by atomic mass is 10.1. The molecule has 0 unspecified atom stereocenters. The molecule has 1 aromatic heterocycles. The Labute approximate surface area is 160 Å². The monoisotopic (exact) mass is 442 g/mol. The Balaban J connectivity index is 2.54. The van der Waals surface area contributed by atoms with Crippen molar-refractivity contribution in [3.63, 3.8) is 0 Å². The molecule has 27 heavy (non-hydrogen) atoms. The van der Waals surface area contributed by atoms with Gasteiger partial charge in [0.05, 0.1) is 18.1 Å². The molecular formula is C17H11BrF4N4O. The number of nitriles is 2. The first-order valence-corrected chi connectivity index (χ1v) is 8.12. The van der Waals surface area contributed by atoms with Gasteiger partial charge in [0, 0.05) is 5.56 Å². The Bertz CT molecular complexity index is 941. The van der Waals surface area contributed by atoms with E-state index >= 15 is 0 Å². The number of methoxy groups -OCH3 is 1. The highest BCUT2D eigenvalue weighted by atomic mass is 79.9. The predicted octanol–water partition coefficient (Wildman–Crippen LogP) is 5.01. The Hall–Kier alpha value is -2.85. The smallest absolute Gasteiger partial charge is 0.283 e. The lowest BCUT2D eigenvalue weighted by molar-refractivity contribution is 0.139. The van der Waals surface area contributed by atoms with E-state index in [-0.39, 0.29) is 12.1 Å². The van der Waals surface area contributed by atoms with Crippen molar-refractivity contribution in [2.45, 2.75) is 19.4 Å². The molecule has 5 nitrogen and oxygen atoms in total. The summed E-state index contributed by atoms with van der Waals surface area (Å²) in [7, 11) is 1.36. The Morgan fingerprint density at radius 2 is 1.93 bits per heavy atom. The van der Waals surface area contributed by atoms with E-state index in [1.54, 1.807) is 18.2 Å². The van der Waals surface area contributed by atoms with Crippen LogP contribution in [0.5, 0.6) is 5.75 Å². The van der Waals surface area contributed by atoms with Crippen molar-refractivity contribution in [1.29, 1.82) is 10.5 Å². The van der Waals surface area contributed by atoms with Crippen LogP contribution in [-0.2, 0) is 6.54 Å². The third-order valence-corrected chi connectivity index (χ3v) is 4.36. The quantitative estimate of drug-likeness (QED) is 0.465. The molecule has 0 radical (unpaired) electrons. The van der Waals surface area contributed by atoms with Crippen LogP contribution in [0.15, 0.2) is 28.2 Å². The van der Waals surface area contributed by atoms with Gasteiger partial charge in [0.15, 0.2) is 0 Å². The first-order chi connectivity index (χ1) is 12.8. The summed E-state index contributed by atoms with van der Waals surface area (Å²) in [6, 6.07) is 8.00. The molecule has 1 heterocycles. The highest BCUT2D eigenvalue weighted by Crippen LogP contribution is 2.36. The number of hydrogen-bond donors (Lipinski definition) is 0. The van der Waals surface area contributed by atoms with E-state index in [1.807, 2.05) is 0 Å². The van der Waals surface area contributed by atoms with Crippen LogP contribution in [0, 0.1) is 22.7 Å². The normalized spacial score (nSPS) is 10.6. The fourth-order valence-electron chi connectivity index (χ4n) is 2.37. The Morgan fingerprint density at radius 1 is 1.26 bits per heavy atom. The van der Waals surface area contributed by atoms with Crippen LogP contribution in [0.2, 0.25) is 0 Å². The van der Waals surface area contributed by atoms with Crippen molar-refractivity contribution in [3.05, 3.63) is 50.8 Å². The molecule has 0 spiro atoms. The zero-order valence-corrected chi connectivity index (χ0v) is 15.3. The van der Waals surface area contributed by atoms with Gasteiger partial charge in [0.2, 0.25) is 0 Å². The number of ether oxygens (including phenoxy) is 1. The van der Waals surface area contributed by atoms with Crippen molar-refractivity contribution < 1.29 is 22.3 Å². The average Bonchev–Trinajstić information content (AvgIpc) is 2.96. The van der Waals surface area contributed by atoms with Crippen LogP contribution >= 0.6 is 15.9 Å². The van der Waals surface area contributed by atoms with Gasteiger partial charge in [0.25, 0.3) is 12.9 Å². The van der Waals surface area contributed by atoms with Crippen molar-refractivity contribution in [2.75, 3.05) is 7.11 Å². The number of aromatic nitrogens is 2. The molecule has 0 aliphatic heterocycles. The SMILES string of the molecule is COc1ccc(C=C(C#N)C#N)cc1Cn1nc(C(F)F)c(Br)c1C(F)F. The summed E-state index contributed by atoms with van der Waals surface area (Å²) in [5.41, 5.74) is -0.803. The van der Waals surface area contributed by atoms with Crippen molar-refractivity contribution in [2.24, 2.45) is 0 Å². The number of allylic oxidation sites excluding steroid dienone is 1. The fraction of sp³-hybridized carbons (Fsp3) is 0.235. The average molecular weight is 443 g/mol. The van der Waals surface area contributed by atoms with E-state index in [0.717, 1.165) is 4.68 Å². The van der Waals surface area contributed by atoms with Crippen LogP contribution in [0.3, 0.4) is 0 Å². The van der Waals surface area contributed by atoms with E-state index in [4.69, 9.17) is 15.3 Å². The topological polar surface area (TPSA) is 74.6 Å². The summed E-state index contributed by atoms with van der Waals surface area (Å²) < 4.78 is 58.2. The second-order valence-electron chi connectivity index (χ2n) is 5.20. The number of alkyl halides is 4. The first-order valence-electron chi connectivity index (χ1n) is 7.33. The van der Waals surface area contributed by atoms with Gasteiger partial charge >= 0.3 is 0 Å². The highest BCUT2D eigenvalue weighted by molar-refractivity contribution is 9.10. The van der Waals surface area contributed by atoms with Gasteiger partial charge in [0.1, 0.15) is 34.8 Å². The van der Waals surface area contributed by atoms with Gasteiger partial charge in [-0.25, -0.2) is 17.6 Å². The molecule has 0 saturated carbocycles. The fourth-order valence-corrected chi connectivity index (χ4v) is 3.00. The van der Waals surface area contributed by atoms with E-state index < -0.39 is 28.7 Å². The van der Waals surface area contributed by atoms with Crippen LogP contribution in [0.25, 0.3) is 6.08 Å². The standard InChI is InChI=1S/C17H11BrF4N4O/c1-27-12-3-2-9(4-10(6-23)7-24)5-11(12)8-26-15(17(21)22)13(18)14(25-26)16(19)20/h2-5,16-17H,8H2,1H3. The number of rotatable bonds is 6. The number of nitrogens with zero attached hydrogens (tertiary/aromatic N) is 4. The van der Waals surface area contributed by atoms with Gasteiger partial charge < -0.3 is 4.74 Å². The number of hydrogen-bond acceptors (Lipinski definition) is 4. The van der Waals surface area contributed by atoms with Crippen LogP contribution < -0.4 is 4.74 Å². The van der Waals surface area contributed by atoms with Gasteiger partial charge in [-0.15, -0.1) is 0 Å². The minimum absolute atomic E-state index is 0.152. The lowest BCUT2D eigenvalue weighted by Gasteiger charge is -2.12. The summed E-state index contributed by atoms with van der Waals surface area (Å²) in [6.07, 6.45) is -4.75. The Morgan fingerprint density at radius 3 is 2.44 bits per heavy atom. The second kappa shape index (κ2) is 8.69. The van der Waals surface area contributed by atoms with E-state index in [0.29, 0.717) is 16.9 Å². The molecule has 0 fully saturated rings. The summed E-state index contributed by atoms with van der Waals surface area (Å²) >= 11 is 2.76. The molecule has 2 rings (SSSR count). The lowest BCUT2D eigenvalue weighted by Crippen LogP contribution is -2.08. The summed E-state index contributed by atoms with van der Waals surface area (Å²) in [5, 5.41) is 21.3. The number of benzene rings is 1. The molecule has 0 N–H and O–H groups in total. The van der Waals surface area contributed by atoms with E-state index in [1.165, 1.54) is 25.3 Å². The molecule has 10 heteroatoms. The van der Waals surface area contributed by atoms with Gasteiger partial charge in [-0.2, -0.15) is 15.6 Å². The molecule has 1 aromatic carbocycles. The van der Waals surface area contributed by atoms with Crippen molar-refractivity contribution in [3.8, 4) is 17.9 Å². The summed E-state index contributed by atoms with van der Waals surface area (Å²) in [6.45, 7) is -0.274. The predicted molar refractivity (Wildman–Crippen MR) is 91.1 cm³/mol. The van der Waals surface area contributed by atoms with Crippen molar-refractivity contribution >= 4 is 22.0 Å². The maximum atomic E-state index is 13.3. The maximum Gasteiger partial charge on any atom is 0.283 e. The summed E-state index contributed by atoms with van der Waals surface area (Å²) in [4.78, 5) is 0. The molecule has 0 amide bonds. The van der Waals surface area contributed by atoms with Gasteiger partial charge in [-0.05, 0) is 39.7 Å². The summed E-state index contributed by atoms with van der Waals surface area (Å²) in [5.74, 6) is 0.313.